The van der Waals surface area contributed by atoms with Crippen LogP contribution in [0.4, 0.5) is 0 Å². The Kier molecular flexibility index (Phi) is 9.10. The lowest BCUT2D eigenvalue weighted by molar-refractivity contribution is -0.121. The molecule has 5 aromatic rings. The molecule has 0 saturated carbocycles. The van der Waals surface area contributed by atoms with Crippen LogP contribution in [0.25, 0.3) is 22.0 Å². The number of hydrogen-bond donors (Lipinski definition) is 0. The topological polar surface area (TPSA) is 53.4 Å². The molecule has 2 unspecified atom stereocenters. The van der Waals surface area contributed by atoms with Crippen LogP contribution in [-0.2, 0) is 35.5 Å². The second-order valence-electron chi connectivity index (χ2n) is 10.8. The summed E-state index contributed by atoms with van der Waals surface area (Å²) in [5.41, 5.74) is 7.83. The first-order valence-electron chi connectivity index (χ1n) is 14.4. The quantitative estimate of drug-likeness (QED) is 0.137. The van der Waals surface area contributed by atoms with E-state index in [-0.39, 0.29) is 0 Å². The van der Waals surface area contributed by atoms with Crippen LogP contribution >= 0.6 is 35.0 Å². The van der Waals surface area contributed by atoms with Gasteiger partial charge in [0, 0.05) is 56.5 Å². The van der Waals surface area contributed by atoms with Gasteiger partial charge in [-0.25, -0.2) is 0 Å². The highest BCUT2D eigenvalue weighted by Crippen LogP contribution is 2.47. The van der Waals surface area contributed by atoms with Crippen LogP contribution in [0.3, 0.4) is 0 Å². The Morgan fingerprint density at radius 2 is 1.84 bits per heavy atom. The predicted molar refractivity (Wildman–Crippen MR) is 175 cm³/mol. The van der Waals surface area contributed by atoms with Crippen molar-refractivity contribution < 1.29 is 14.3 Å². The van der Waals surface area contributed by atoms with E-state index in [2.05, 4.69) is 58.9 Å². The minimum Gasteiger partial charge on any atom is -0.487 e. The van der Waals surface area contributed by atoms with E-state index in [1.165, 1.54) is 21.5 Å². The van der Waals surface area contributed by atoms with Crippen molar-refractivity contribution in [2.45, 2.75) is 56.1 Å². The molecule has 0 amide bonds. The molecule has 1 aliphatic heterocycles. The molecule has 6 rings (SSSR count). The van der Waals surface area contributed by atoms with E-state index in [1.807, 2.05) is 54.4 Å². The second-order valence-corrected chi connectivity index (χ2v) is 13.1. The summed E-state index contributed by atoms with van der Waals surface area (Å²) >= 11 is 13.7. The van der Waals surface area contributed by atoms with Crippen molar-refractivity contribution in [3.05, 3.63) is 113 Å². The molecule has 2 aromatic heterocycles. The van der Waals surface area contributed by atoms with Gasteiger partial charge in [0.2, 0.25) is 5.24 Å². The zero-order valence-electron chi connectivity index (χ0n) is 24.1. The highest BCUT2D eigenvalue weighted by Gasteiger charge is 2.29. The minimum absolute atomic E-state index is 0.373. The lowest BCUT2D eigenvalue weighted by Gasteiger charge is -2.22. The molecule has 0 bridgehead atoms. The number of carbonyl (C=O) groups excluding carboxylic acids is 1. The Hall–Kier alpha value is -3.29. The largest absolute Gasteiger partial charge is 0.487 e. The maximum atomic E-state index is 11.6. The normalized spacial score (nSPS) is 15.0. The molecule has 0 saturated heterocycles. The lowest BCUT2D eigenvalue weighted by atomic mass is 10.0. The first kappa shape index (κ1) is 29.8. The fourth-order valence-corrected chi connectivity index (χ4v) is 7.10. The molecular weight excluding hydrogens is 599 g/mol. The summed E-state index contributed by atoms with van der Waals surface area (Å²) in [6.07, 6.45) is 2.81. The van der Waals surface area contributed by atoms with E-state index in [0.29, 0.717) is 36.5 Å². The van der Waals surface area contributed by atoms with E-state index in [9.17, 15) is 4.79 Å². The van der Waals surface area contributed by atoms with Gasteiger partial charge in [0.25, 0.3) is 0 Å². The molecule has 220 valence electrons. The number of rotatable bonds is 11. The number of halogens is 2. The zero-order valence-corrected chi connectivity index (χ0v) is 26.4. The number of hydrogen-bond acceptors (Lipinski definition) is 5. The average molecular weight is 632 g/mol. The smallest absolute Gasteiger partial charge is 0.250 e. The molecule has 0 N–H and O–H groups in total. The second kappa shape index (κ2) is 13.1. The van der Waals surface area contributed by atoms with Crippen molar-refractivity contribution in [2.24, 2.45) is 0 Å². The standard InChI is InChI=1S/C35H32Cl2N2O3S/c1-22-18-29-32(42-21-28-13-10-26(19-38-28)25-6-4-3-5-7-25)15-14-30-33(29)34(43-22)31(16-17-41-23(2)35(37)40)39(30)20-24-8-11-27(36)12-9-24/h3-15,19,22-23H,16-18,20-21H2,1-2H3. The maximum absolute atomic E-state index is 11.6. The Morgan fingerprint density at radius 3 is 2.56 bits per heavy atom. The fraction of sp³-hybridized carbons (Fsp3) is 0.257. The van der Waals surface area contributed by atoms with Crippen LogP contribution in [0.1, 0.15) is 36.4 Å². The van der Waals surface area contributed by atoms with Crippen molar-refractivity contribution in [1.29, 1.82) is 0 Å². The van der Waals surface area contributed by atoms with Crippen LogP contribution in [-0.4, -0.2) is 32.8 Å². The maximum Gasteiger partial charge on any atom is 0.250 e. The third-order valence-corrected chi connectivity index (χ3v) is 9.56. The van der Waals surface area contributed by atoms with Gasteiger partial charge in [-0.05, 0) is 66.4 Å². The predicted octanol–water partition coefficient (Wildman–Crippen LogP) is 8.73. The van der Waals surface area contributed by atoms with E-state index in [4.69, 9.17) is 32.7 Å². The van der Waals surface area contributed by atoms with Gasteiger partial charge in [0.15, 0.2) is 0 Å². The van der Waals surface area contributed by atoms with Crippen LogP contribution in [0.15, 0.2) is 90.0 Å². The lowest BCUT2D eigenvalue weighted by Crippen LogP contribution is -2.18. The Balaban J connectivity index is 1.32. The zero-order chi connectivity index (χ0) is 29.9. The summed E-state index contributed by atoms with van der Waals surface area (Å²) in [4.78, 5) is 17.5. The van der Waals surface area contributed by atoms with Gasteiger partial charge in [-0.15, -0.1) is 11.8 Å². The Bertz CT molecular complexity index is 1740. The van der Waals surface area contributed by atoms with Crippen molar-refractivity contribution in [1.82, 2.24) is 9.55 Å². The Labute approximate surface area is 266 Å². The highest BCUT2D eigenvalue weighted by molar-refractivity contribution is 8.00. The molecular formula is C35H32Cl2N2O3S. The molecule has 8 heteroatoms. The number of benzene rings is 3. The number of carbonyl (C=O) groups is 1. The van der Waals surface area contributed by atoms with E-state index >= 15 is 0 Å². The summed E-state index contributed by atoms with van der Waals surface area (Å²) in [6.45, 7) is 5.42. The first-order chi connectivity index (χ1) is 20.9. The van der Waals surface area contributed by atoms with Crippen molar-refractivity contribution in [2.75, 3.05) is 6.61 Å². The van der Waals surface area contributed by atoms with Crippen molar-refractivity contribution >= 4 is 51.1 Å². The van der Waals surface area contributed by atoms with E-state index in [0.717, 1.165) is 40.1 Å². The van der Waals surface area contributed by atoms with Gasteiger partial charge in [0.1, 0.15) is 18.5 Å². The average Bonchev–Trinajstić information content (AvgIpc) is 3.30. The number of thioether (sulfide) groups is 1. The summed E-state index contributed by atoms with van der Waals surface area (Å²) in [7, 11) is 0. The molecule has 0 radical (unpaired) electrons. The molecule has 5 nitrogen and oxygen atoms in total. The number of ether oxygens (including phenoxy) is 2. The fourth-order valence-electron chi connectivity index (χ4n) is 5.56. The molecule has 3 heterocycles. The van der Waals surface area contributed by atoms with Crippen LogP contribution in [0.5, 0.6) is 5.75 Å². The summed E-state index contributed by atoms with van der Waals surface area (Å²) < 4.78 is 14.6. The molecule has 3 aromatic carbocycles. The first-order valence-corrected chi connectivity index (χ1v) is 16.0. The summed E-state index contributed by atoms with van der Waals surface area (Å²) in [6, 6.07) is 26.6. The van der Waals surface area contributed by atoms with Crippen molar-refractivity contribution in [3.63, 3.8) is 0 Å². The Morgan fingerprint density at radius 1 is 1.05 bits per heavy atom. The SMILES string of the molecule is CC1Cc2c(OCc3ccc(-c4ccccc4)cn3)ccc3c2c(c(CCOC(C)C(=O)Cl)n3Cc2ccc(Cl)cc2)S1. The van der Waals surface area contributed by atoms with Gasteiger partial charge in [-0.2, -0.15) is 0 Å². The van der Waals surface area contributed by atoms with Crippen LogP contribution < -0.4 is 4.74 Å². The van der Waals surface area contributed by atoms with Gasteiger partial charge in [-0.1, -0.05) is 67.1 Å². The molecule has 2 atom stereocenters. The molecule has 0 aliphatic carbocycles. The number of aromatic nitrogens is 2. The van der Waals surface area contributed by atoms with Gasteiger partial charge in [0.05, 0.1) is 17.8 Å². The summed E-state index contributed by atoms with van der Waals surface area (Å²) in [5, 5.41) is 1.83. The minimum atomic E-state index is -0.648. The van der Waals surface area contributed by atoms with Gasteiger partial charge in [-0.3, -0.25) is 9.78 Å². The van der Waals surface area contributed by atoms with Gasteiger partial charge >= 0.3 is 0 Å². The van der Waals surface area contributed by atoms with Crippen LogP contribution in [0.2, 0.25) is 5.02 Å². The monoisotopic (exact) mass is 630 g/mol. The molecule has 0 spiro atoms. The summed E-state index contributed by atoms with van der Waals surface area (Å²) in [5.74, 6) is 0.891. The third-order valence-electron chi connectivity index (χ3n) is 7.75. The van der Waals surface area contributed by atoms with Crippen LogP contribution in [0, 0.1) is 0 Å². The highest BCUT2D eigenvalue weighted by atomic mass is 35.5. The molecule has 0 fully saturated rings. The van der Waals surface area contributed by atoms with Crippen molar-refractivity contribution in [3.8, 4) is 16.9 Å². The molecule has 43 heavy (non-hydrogen) atoms. The van der Waals surface area contributed by atoms with E-state index in [1.54, 1.807) is 6.92 Å². The third kappa shape index (κ3) is 6.63. The number of pyridine rings is 1. The van der Waals surface area contributed by atoms with E-state index < -0.39 is 11.3 Å². The molecule has 1 aliphatic rings. The number of nitrogens with zero attached hydrogens (tertiary/aromatic N) is 2. The van der Waals surface area contributed by atoms with Gasteiger partial charge < -0.3 is 14.0 Å².